The van der Waals surface area contributed by atoms with Gasteiger partial charge < -0.3 is 4.42 Å². The summed E-state index contributed by atoms with van der Waals surface area (Å²) < 4.78 is 31.9. The summed E-state index contributed by atoms with van der Waals surface area (Å²) in [5, 5.41) is 0. The van der Waals surface area contributed by atoms with Crippen molar-refractivity contribution in [2.45, 2.75) is 13.8 Å². The number of carbonyl (C=O) groups is 1. The number of carbonyl (C=O) groups excluding carboxylic acids is 1. The van der Waals surface area contributed by atoms with Gasteiger partial charge in [0.25, 0.3) is 0 Å². The van der Waals surface area contributed by atoms with E-state index in [4.69, 9.17) is 4.42 Å². The van der Waals surface area contributed by atoms with Gasteiger partial charge in [0.1, 0.15) is 12.0 Å². The first-order valence-corrected chi connectivity index (χ1v) is 5.05. The Bertz CT molecular complexity index is 585. The van der Waals surface area contributed by atoms with Gasteiger partial charge in [0.15, 0.2) is 17.4 Å². The molecular formula is C13H10F2O2. The molecule has 2 rings (SSSR count). The predicted molar refractivity (Wildman–Crippen MR) is 58.0 cm³/mol. The van der Waals surface area contributed by atoms with E-state index in [1.165, 1.54) is 31.4 Å². The maximum atomic E-state index is 13.6. The van der Waals surface area contributed by atoms with Crippen LogP contribution in [0, 0.1) is 25.5 Å². The minimum absolute atomic E-state index is 0.169. The molecule has 4 heteroatoms. The van der Waals surface area contributed by atoms with Crippen LogP contribution in [0.2, 0.25) is 0 Å². The topological polar surface area (TPSA) is 30.2 Å². The summed E-state index contributed by atoms with van der Waals surface area (Å²) in [5.74, 6) is -2.15. The molecule has 0 bridgehead atoms. The van der Waals surface area contributed by atoms with Crippen molar-refractivity contribution in [2.75, 3.05) is 0 Å². The van der Waals surface area contributed by atoms with Crippen molar-refractivity contribution < 1.29 is 18.0 Å². The van der Waals surface area contributed by atoms with Crippen LogP contribution in [0.1, 0.15) is 27.2 Å². The van der Waals surface area contributed by atoms with Crippen molar-refractivity contribution in [1.29, 1.82) is 0 Å². The average molecular weight is 236 g/mol. The van der Waals surface area contributed by atoms with Crippen molar-refractivity contribution in [1.82, 2.24) is 0 Å². The predicted octanol–water partition coefficient (Wildman–Crippen LogP) is 3.41. The van der Waals surface area contributed by atoms with Crippen LogP contribution in [0.3, 0.4) is 0 Å². The molecule has 0 spiro atoms. The SMILES string of the molecule is Cc1cc(C(=O)c2ccc(C)c(F)c2F)co1. The van der Waals surface area contributed by atoms with Gasteiger partial charge in [-0.05, 0) is 31.5 Å². The van der Waals surface area contributed by atoms with Crippen molar-refractivity contribution in [3.05, 3.63) is 58.5 Å². The van der Waals surface area contributed by atoms with Gasteiger partial charge in [-0.1, -0.05) is 6.07 Å². The molecule has 1 aromatic carbocycles. The van der Waals surface area contributed by atoms with Gasteiger partial charge in [-0.15, -0.1) is 0 Å². The largest absolute Gasteiger partial charge is 0.469 e. The molecule has 2 nitrogen and oxygen atoms in total. The molecule has 0 saturated carbocycles. The molecule has 0 amide bonds. The van der Waals surface area contributed by atoms with Gasteiger partial charge >= 0.3 is 0 Å². The standard InChI is InChI=1S/C13H10F2O2/c1-7-3-4-10(12(15)11(7)14)13(16)9-5-8(2)17-6-9/h3-6H,1-2H3. The Labute approximate surface area is 96.9 Å². The molecule has 0 aliphatic rings. The monoisotopic (exact) mass is 236 g/mol. The zero-order valence-corrected chi connectivity index (χ0v) is 9.38. The molecule has 0 aliphatic carbocycles. The average Bonchev–Trinajstić information content (AvgIpc) is 2.72. The number of ketones is 1. The summed E-state index contributed by atoms with van der Waals surface area (Å²) in [6, 6.07) is 4.14. The molecular weight excluding hydrogens is 226 g/mol. The third-order valence-electron chi connectivity index (χ3n) is 2.51. The highest BCUT2D eigenvalue weighted by molar-refractivity contribution is 6.09. The van der Waals surface area contributed by atoms with Gasteiger partial charge in [0, 0.05) is 0 Å². The van der Waals surface area contributed by atoms with E-state index in [1.54, 1.807) is 6.92 Å². The van der Waals surface area contributed by atoms with E-state index in [-0.39, 0.29) is 16.7 Å². The number of aryl methyl sites for hydroxylation is 2. The lowest BCUT2D eigenvalue weighted by Crippen LogP contribution is -2.05. The van der Waals surface area contributed by atoms with Gasteiger partial charge in [0.2, 0.25) is 0 Å². The minimum Gasteiger partial charge on any atom is -0.469 e. The number of hydrogen-bond acceptors (Lipinski definition) is 2. The molecule has 88 valence electrons. The lowest BCUT2D eigenvalue weighted by atomic mass is 10.0. The van der Waals surface area contributed by atoms with E-state index in [0.29, 0.717) is 5.76 Å². The summed E-state index contributed by atoms with van der Waals surface area (Å²) in [6.07, 6.45) is 1.23. The zero-order chi connectivity index (χ0) is 12.6. The van der Waals surface area contributed by atoms with Crippen LogP contribution in [0.5, 0.6) is 0 Å². The number of benzene rings is 1. The Morgan fingerprint density at radius 2 is 1.88 bits per heavy atom. The normalized spacial score (nSPS) is 10.6. The molecule has 0 N–H and O–H groups in total. The number of rotatable bonds is 2. The number of furan rings is 1. The van der Waals surface area contributed by atoms with Crippen LogP contribution >= 0.6 is 0 Å². The van der Waals surface area contributed by atoms with Gasteiger partial charge in [0.05, 0.1) is 11.1 Å². The molecule has 0 aliphatic heterocycles. The quantitative estimate of drug-likeness (QED) is 0.748. The molecule has 0 radical (unpaired) electrons. The summed E-state index contributed by atoms with van der Waals surface area (Å²) >= 11 is 0. The third kappa shape index (κ3) is 1.98. The van der Waals surface area contributed by atoms with Crippen molar-refractivity contribution in [3.8, 4) is 0 Å². The van der Waals surface area contributed by atoms with Gasteiger partial charge in [-0.2, -0.15) is 0 Å². The summed E-state index contributed by atoms with van der Waals surface area (Å²) in [4.78, 5) is 11.9. The second-order valence-electron chi connectivity index (χ2n) is 3.83. The lowest BCUT2D eigenvalue weighted by Gasteiger charge is -2.03. The van der Waals surface area contributed by atoms with Crippen LogP contribution in [0.4, 0.5) is 8.78 Å². The highest BCUT2D eigenvalue weighted by Crippen LogP contribution is 2.19. The fourth-order valence-electron chi connectivity index (χ4n) is 1.54. The first-order valence-electron chi connectivity index (χ1n) is 5.05. The molecule has 0 saturated heterocycles. The third-order valence-corrected chi connectivity index (χ3v) is 2.51. The van der Waals surface area contributed by atoms with Crippen molar-refractivity contribution in [2.24, 2.45) is 0 Å². The maximum Gasteiger partial charge on any atom is 0.199 e. The molecule has 17 heavy (non-hydrogen) atoms. The van der Waals surface area contributed by atoms with Gasteiger partial charge in [-0.25, -0.2) is 8.78 Å². The van der Waals surface area contributed by atoms with Crippen LogP contribution in [0.15, 0.2) is 28.9 Å². The summed E-state index contributed by atoms with van der Waals surface area (Å²) in [6.45, 7) is 3.11. The Balaban J connectivity index is 2.48. The van der Waals surface area contributed by atoms with E-state index in [0.717, 1.165) is 0 Å². The van der Waals surface area contributed by atoms with Crippen LogP contribution in [-0.2, 0) is 0 Å². The van der Waals surface area contributed by atoms with E-state index < -0.39 is 17.4 Å². The smallest absolute Gasteiger partial charge is 0.199 e. The van der Waals surface area contributed by atoms with Crippen LogP contribution < -0.4 is 0 Å². The van der Waals surface area contributed by atoms with Crippen LogP contribution in [0.25, 0.3) is 0 Å². The Morgan fingerprint density at radius 3 is 2.47 bits per heavy atom. The molecule has 0 fully saturated rings. The van der Waals surface area contributed by atoms with Crippen molar-refractivity contribution in [3.63, 3.8) is 0 Å². The van der Waals surface area contributed by atoms with Crippen molar-refractivity contribution >= 4 is 5.78 Å². The first-order chi connectivity index (χ1) is 8.00. The van der Waals surface area contributed by atoms with E-state index in [9.17, 15) is 13.6 Å². The van der Waals surface area contributed by atoms with Crippen LogP contribution in [-0.4, -0.2) is 5.78 Å². The van der Waals surface area contributed by atoms with E-state index >= 15 is 0 Å². The molecule has 1 aromatic heterocycles. The highest BCUT2D eigenvalue weighted by atomic mass is 19.2. The second kappa shape index (κ2) is 4.13. The first kappa shape index (κ1) is 11.5. The number of halogens is 2. The summed E-state index contributed by atoms with van der Waals surface area (Å²) in [5.41, 5.74) is 0.0981. The molecule has 0 atom stereocenters. The fraction of sp³-hybridized carbons (Fsp3) is 0.154. The second-order valence-corrected chi connectivity index (χ2v) is 3.83. The Morgan fingerprint density at radius 1 is 1.18 bits per heavy atom. The number of hydrogen-bond donors (Lipinski definition) is 0. The fourth-order valence-corrected chi connectivity index (χ4v) is 1.54. The molecule has 0 unspecified atom stereocenters. The maximum absolute atomic E-state index is 13.6. The zero-order valence-electron chi connectivity index (χ0n) is 9.38. The minimum atomic E-state index is -1.12. The summed E-state index contributed by atoms with van der Waals surface area (Å²) in [7, 11) is 0. The highest BCUT2D eigenvalue weighted by Gasteiger charge is 2.19. The molecule has 2 aromatic rings. The van der Waals surface area contributed by atoms with E-state index in [2.05, 4.69) is 0 Å². The molecule has 1 heterocycles. The van der Waals surface area contributed by atoms with Gasteiger partial charge in [-0.3, -0.25) is 4.79 Å². The Hall–Kier alpha value is -1.97. The van der Waals surface area contributed by atoms with E-state index in [1.807, 2.05) is 0 Å². The Kier molecular flexibility index (Phi) is 2.79. The lowest BCUT2D eigenvalue weighted by molar-refractivity contribution is 0.103.